The fourth-order valence-electron chi connectivity index (χ4n) is 1.23. The molecule has 1 N–H and O–H groups in total. The molecular weight excluding hydrogens is 282 g/mol. The van der Waals surface area contributed by atoms with Crippen LogP contribution in [0.3, 0.4) is 0 Å². The van der Waals surface area contributed by atoms with Gasteiger partial charge in [0.2, 0.25) is 5.91 Å². The smallest absolute Gasteiger partial charge is 0.221 e. The van der Waals surface area contributed by atoms with Gasteiger partial charge in [-0.15, -0.1) is 12.1 Å². The van der Waals surface area contributed by atoms with Crippen LogP contribution in [0, 0.1) is 0 Å². The van der Waals surface area contributed by atoms with Crippen LogP contribution < -0.4 is 5.32 Å². The van der Waals surface area contributed by atoms with E-state index in [0.717, 1.165) is 5.69 Å². The number of hydrogen-bond donors (Lipinski definition) is 1. The van der Waals surface area contributed by atoms with Crippen molar-refractivity contribution in [3.8, 4) is 0 Å². The molecule has 0 unspecified atom stereocenters. The third-order valence-electron chi connectivity index (χ3n) is 1.99. The van der Waals surface area contributed by atoms with Crippen LogP contribution in [0.4, 0.5) is 5.69 Å². The van der Waals surface area contributed by atoms with Gasteiger partial charge in [0.05, 0.1) is 6.29 Å². The van der Waals surface area contributed by atoms with Gasteiger partial charge in [0.15, 0.2) is 0 Å². The number of carbonyl (C=O) groups is 1. The van der Waals surface area contributed by atoms with Gasteiger partial charge in [0, 0.05) is 29.7 Å². The second kappa shape index (κ2) is 10.1. The number of amides is 1. The molecule has 100 valence electrons. The van der Waals surface area contributed by atoms with Crippen molar-refractivity contribution in [1.82, 2.24) is 0 Å². The van der Waals surface area contributed by atoms with E-state index in [1.54, 1.807) is 30.6 Å². The van der Waals surface area contributed by atoms with Gasteiger partial charge in [-0.05, 0) is 12.1 Å². The number of nitrogens with one attached hydrogen (secondary N) is 1. The van der Waals surface area contributed by atoms with Gasteiger partial charge in [-0.3, -0.25) is 4.79 Å². The van der Waals surface area contributed by atoms with E-state index in [1.165, 1.54) is 6.92 Å². The molecule has 0 fully saturated rings. The van der Waals surface area contributed by atoms with Crippen molar-refractivity contribution in [3.63, 3.8) is 0 Å². The summed E-state index contributed by atoms with van der Waals surface area (Å²) in [6, 6.07) is 18.3. The van der Waals surface area contributed by atoms with E-state index in [1.807, 2.05) is 36.4 Å². The Morgan fingerprint density at radius 2 is 1.42 bits per heavy atom. The molecule has 2 aromatic rings. The first kappa shape index (κ1) is 17.1. The zero-order chi connectivity index (χ0) is 13.2. The van der Waals surface area contributed by atoms with Crippen molar-refractivity contribution < 1.29 is 26.7 Å². The number of anilines is 1. The standard InChI is InChI=1S/C8H9NO.C7H5O.Fe/c1-7(10)9-8-5-3-2-4-6-8;8-6-7-4-2-1-3-5-7;/h2-6H,1H3,(H,9,10);1-5H;/q;-1;. The van der Waals surface area contributed by atoms with Gasteiger partial charge in [-0.1, -0.05) is 24.3 Å². The monoisotopic (exact) mass is 296 g/mol. The van der Waals surface area contributed by atoms with Crippen LogP contribution in [0.5, 0.6) is 0 Å². The molecule has 0 radical (unpaired) electrons. The molecule has 0 aliphatic rings. The molecule has 2 aromatic carbocycles. The van der Waals surface area contributed by atoms with Gasteiger partial charge in [-0.25, -0.2) is 0 Å². The average Bonchev–Trinajstić information content (AvgIpc) is 2.41. The second-order valence-electron chi connectivity index (χ2n) is 3.52. The van der Waals surface area contributed by atoms with Crippen molar-refractivity contribution in [1.29, 1.82) is 0 Å². The predicted octanol–water partition coefficient (Wildman–Crippen LogP) is 2.79. The molecule has 0 bridgehead atoms. The number of hydrogen-bond acceptors (Lipinski definition) is 2. The van der Waals surface area contributed by atoms with Crippen molar-refractivity contribution in [3.05, 3.63) is 66.2 Å². The summed E-state index contributed by atoms with van der Waals surface area (Å²) in [4.78, 5) is 20.4. The molecule has 3 nitrogen and oxygen atoms in total. The zero-order valence-electron chi connectivity index (χ0n) is 10.4. The minimum Gasteiger partial charge on any atom is -0.376 e. The van der Waals surface area contributed by atoms with Crippen molar-refractivity contribution in [2.24, 2.45) is 0 Å². The van der Waals surface area contributed by atoms with E-state index in [9.17, 15) is 9.59 Å². The maximum Gasteiger partial charge on any atom is 0.221 e. The molecular formula is C15H14FeNO2-. The fraction of sp³-hybridized carbons (Fsp3) is 0.0667. The second-order valence-corrected chi connectivity index (χ2v) is 3.52. The van der Waals surface area contributed by atoms with Crippen LogP contribution in [-0.2, 0) is 26.7 Å². The zero-order valence-corrected chi connectivity index (χ0v) is 11.5. The van der Waals surface area contributed by atoms with E-state index in [-0.39, 0.29) is 23.0 Å². The Hall–Kier alpha value is -1.90. The van der Waals surface area contributed by atoms with Crippen LogP contribution in [0.25, 0.3) is 0 Å². The summed E-state index contributed by atoms with van der Waals surface area (Å²) in [5.74, 6) is -0.0359. The number of rotatable bonds is 2. The third kappa shape index (κ3) is 7.92. The first-order valence-corrected chi connectivity index (χ1v) is 5.48. The van der Waals surface area contributed by atoms with Gasteiger partial charge >= 0.3 is 0 Å². The molecule has 0 spiro atoms. The molecule has 2 rings (SSSR count). The summed E-state index contributed by atoms with van der Waals surface area (Å²) < 4.78 is 0. The summed E-state index contributed by atoms with van der Waals surface area (Å²) in [6.45, 7) is 1.49. The Kier molecular flexibility index (Phi) is 9.06. The Morgan fingerprint density at radius 1 is 0.947 bits per heavy atom. The van der Waals surface area contributed by atoms with Crippen molar-refractivity contribution in [2.45, 2.75) is 6.92 Å². The quantitative estimate of drug-likeness (QED) is 0.684. The van der Waals surface area contributed by atoms with Gasteiger partial charge in [0.25, 0.3) is 0 Å². The molecule has 0 atom stereocenters. The van der Waals surface area contributed by atoms with Crippen molar-refractivity contribution >= 4 is 17.9 Å². The Balaban J connectivity index is 0.000000331. The average molecular weight is 296 g/mol. The minimum atomic E-state index is -0.0359. The predicted molar refractivity (Wildman–Crippen MR) is 72.0 cm³/mol. The normalized spacial score (nSPS) is 8.26. The van der Waals surface area contributed by atoms with Gasteiger partial charge in [0.1, 0.15) is 0 Å². The number of para-hydroxylation sites is 1. The Morgan fingerprint density at radius 3 is 1.79 bits per heavy atom. The van der Waals surface area contributed by atoms with E-state index < -0.39 is 0 Å². The van der Waals surface area contributed by atoms with Gasteiger partial charge in [-0.2, -0.15) is 17.7 Å². The first-order valence-electron chi connectivity index (χ1n) is 5.48. The van der Waals surface area contributed by atoms with Crippen LogP contribution >= 0.6 is 0 Å². The van der Waals surface area contributed by atoms with Crippen LogP contribution in [0.1, 0.15) is 12.5 Å². The van der Waals surface area contributed by atoms with E-state index in [2.05, 4.69) is 5.32 Å². The molecule has 0 saturated carbocycles. The molecule has 0 aliphatic heterocycles. The molecule has 4 heteroatoms. The summed E-state index contributed by atoms with van der Waals surface area (Å²) in [6.07, 6.45) is 1.78. The van der Waals surface area contributed by atoms with Gasteiger partial charge < -0.3 is 10.1 Å². The Bertz CT molecular complexity index is 486. The maximum absolute atomic E-state index is 10.5. The van der Waals surface area contributed by atoms with Crippen LogP contribution in [-0.4, -0.2) is 12.2 Å². The molecule has 0 aliphatic carbocycles. The van der Waals surface area contributed by atoms with Crippen molar-refractivity contribution in [2.75, 3.05) is 5.32 Å². The SMILES string of the molecule is CC(=O)Nc1ccccc1.O=[C-]c1ccccc1.[Fe]. The molecule has 19 heavy (non-hydrogen) atoms. The molecule has 1 amide bonds. The first-order chi connectivity index (χ1) is 8.72. The summed E-state index contributed by atoms with van der Waals surface area (Å²) >= 11 is 0. The number of benzene rings is 2. The summed E-state index contributed by atoms with van der Waals surface area (Å²) in [5.41, 5.74) is 1.45. The topological polar surface area (TPSA) is 46.2 Å². The fourth-order valence-corrected chi connectivity index (χ4v) is 1.23. The number of carbonyl (C=O) groups excluding carboxylic acids is 2. The van der Waals surface area contributed by atoms with E-state index >= 15 is 0 Å². The largest absolute Gasteiger partial charge is 0.376 e. The van der Waals surface area contributed by atoms with Crippen LogP contribution in [0.2, 0.25) is 0 Å². The van der Waals surface area contributed by atoms with E-state index in [0.29, 0.717) is 5.56 Å². The Labute approximate surface area is 123 Å². The third-order valence-corrected chi connectivity index (χ3v) is 1.99. The van der Waals surface area contributed by atoms with Crippen LogP contribution in [0.15, 0.2) is 60.7 Å². The molecule has 0 aromatic heterocycles. The van der Waals surface area contributed by atoms with E-state index in [4.69, 9.17) is 0 Å². The molecule has 0 saturated heterocycles. The summed E-state index contributed by atoms with van der Waals surface area (Å²) in [7, 11) is 0. The molecule has 0 heterocycles. The summed E-state index contributed by atoms with van der Waals surface area (Å²) in [5, 5.41) is 2.67. The minimum absolute atomic E-state index is 0. The maximum atomic E-state index is 10.5.